The van der Waals surface area contributed by atoms with E-state index in [0.717, 1.165) is 31.6 Å². The van der Waals surface area contributed by atoms with Crippen molar-refractivity contribution in [2.75, 3.05) is 6.54 Å². The summed E-state index contributed by atoms with van der Waals surface area (Å²) < 4.78 is 2.08. The van der Waals surface area contributed by atoms with E-state index in [4.69, 9.17) is 0 Å². The molecule has 19 heavy (non-hydrogen) atoms. The molecule has 3 heteroatoms. The molecule has 1 N–H and O–H groups in total. The van der Waals surface area contributed by atoms with Crippen LogP contribution >= 0.6 is 0 Å². The molecule has 0 saturated carbocycles. The van der Waals surface area contributed by atoms with Crippen LogP contribution in [-0.4, -0.2) is 22.1 Å². The van der Waals surface area contributed by atoms with Crippen molar-refractivity contribution in [1.82, 2.24) is 14.9 Å². The van der Waals surface area contributed by atoms with Crippen LogP contribution < -0.4 is 5.32 Å². The molecule has 0 radical (unpaired) electrons. The molecular formula is C16H23N3. The van der Waals surface area contributed by atoms with Crippen molar-refractivity contribution < 1.29 is 0 Å². The first-order chi connectivity index (χ1) is 9.29. The Morgan fingerprint density at radius 2 is 2.05 bits per heavy atom. The molecule has 0 fully saturated rings. The molecule has 2 aromatic rings. The number of benzene rings is 1. The quantitative estimate of drug-likeness (QED) is 0.826. The molecule has 1 aromatic carbocycles. The lowest BCUT2D eigenvalue weighted by Crippen LogP contribution is -2.32. The lowest BCUT2D eigenvalue weighted by Gasteiger charge is -2.17. The second-order valence-electron chi connectivity index (χ2n) is 4.95. The summed E-state index contributed by atoms with van der Waals surface area (Å²) >= 11 is 0. The average Bonchev–Trinajstić information content (AvgIpc) is 2.84. The summed E-state index contributed by atoms with van der Waals surface area (Å²) in [4.78, 5) is 4.35. The van der Waals surface area contributed by atoms with E-state index in [0.29, 0.717) is 6.04 Å². The van der Waals surface area contributed by atoms with Gasteiger partial charge in [-0.15, -0.1) is 0 Å². The maximum Gasteiger partial charge on any atom is 0.109 e. The van der Waals surface area contributed by atoms with Gasteiger partial charge in [0, 0.05) is 38.4 Å². The van der Waals surface area contributed by atoms with Crippen LogP contribution in [0.15, 0.2) is 42.7 Å². The standard InChI is InChI=1S/C16H23N3/c1-3-15(13-14-7-5-4-6-8-14)17-10-9-16-18-11-12-19(16)2/h4-8,11-12,15,17H,3,9-10,13H2,1-2H3. The fourth-order valence-electron chi connectivity index (χ4n) is 2.28. The van der Waals surface area contributed by atoms with Crippen LogP contribution in [-0.2, 0) is 19.9 Å². The van der Waals surface area contributed by atoms with Gasteiger partial charge in [-0.2, -0.15) is 0 Å². The van der Waals surface area contributed by atoms with Crippen molar-refractivity contribution in [1.29, 1.82) is 0 Å². The second kappa shape index (κ2) is 7.10. The molecule has 1 heterocycles. The normalized spacial score (nSPS) is 12.5. The Morgan fingerprint density at radius 1 is 1.26 bits per heavy atom. The minimum atomic E-state index is 0.544. The molecule has 2 rings (SSSR count). The predicted molar refractivity (Wildman–Crippen MR) is 79.1 cm³/mol. The fraction of sp³-hybridized carbons (Fsp3) is 0.438. The Bertz CT molecular complexity index is 476. The first-order valence-corrected chi connectivity index (χ1v) is 7.03. The molecule has 0 bridgehead atoms. The number of rotatable bonds is 7. The minimum Gasteiger partial charge on any atom is -0.338 e. The summed E-state index contributed by atoms with van der Waals surface area (Å²) in [6.07, 6.45) is 7.08. The highest BCUT2D eigenvalue weighted by Gasteiger charge is 2.07. The van der Waals surface area contributed by atoms with Gasteiger partial charge in [-0.3, -0.25) is 0 Å². The molecule has 0 amide bonds. The summed E-state index contributed by atoms with van der Waals surface area (Å²) in [5.74, 6) is 1.14. The van der Waals surface area contributed by atoms with Gasteiger partial charge >= 0.3 is 0 Å². The van der Waals surface area contributed by atoms with Crippen molar-refractivity contribution in [2.24, 2.45) is 7.05 Å². The smallest absolute Gasteiger partial charge is 0.109 e. The van der Waals surface area contributed by atoms with Gasteiger partial charge in [0.05, 0.1) is 0 Å². The van der Waals surface area contributed by atoms with Crippen LogP contribution in [0, 0.1) is 0 Å². The zero-order valence-corrected chi connectivity index (χ0v) is 11.8. The van der Waals surface area contributed by atoms with Crippen LogP contribution in [0.4, 0.5) is 0 Å². The lowest BCUT2D eigenvalue weighted by atomic mass is 10.0. The molecular weight excluding hydrogens is 234 g/mol. The van der Waals surface area contributed by atoms with Gasteiger partial charge in [-0.1, -0.05) is 37.3 Å². The topological polar surface area (TPSA) is 29.9 Å². The Balaban J connectivity index is 1.78. The van der Waals surface area contributed by atoms with Gasteiger partial charge in [0.15, 0.2) is 0 Å². The van der Waals surface area contributed by atoms with Crippen molar-refractivity contribution >= 4 is 0 Å². The van der Waals surface area contributed by atoms with Gasteiger partial charge in [-0.25, -0.2) is 4.98 Å². The van der Waals surface area contributed by atoms with Crippen molar-refractivity contribution in [3.8, 4) is 0 Å². The first-order valence-electron chi connectivity index (χ1n) is 7.03. The molecule has 0 aliphatic heterocycles. The van der Waals surface area contributed by atoms with Crippen LogP contribution in [0.1, 0.15) is 24.7 Å². The number of hydrogen-bond acceptors (Lipinski definition) is 2. The van der Waals surface area contributed by atoms with Crippen molar-refractivity contribution in [3.05, 3.63) is 54.1 Å². The second-order valence-corrected chi connectivity index (χ2v) is 4.95. The molecule has 0 aliphatic carbocycles. The molecule has 0 aliphatic rings. The fourth-order valence-corrected chi connectivity index (χ4v) is 2.28. The highest BCUT2D eigenvalue weighted by Crippen LogP contribution is 2.05. The SMILES string of the molecule is CCC(Cc1ccccc1)NCCc1nccn1C. The van der Waals surface area contributed by atoms with Crippen LogP contribution in [0.25, 0.3) is 0 Å². The van der Waals surface area contributed by atoms with E-state index in [2.05, 4.69) is 52.1 Å². The number of aromatic nitrogens is 2. The van der Waals surface area contributed by atoms with Crippen molar-refractivity contribution in [3.63, 3.8) is 0 Å². The monoisotopic (exact) mass is 257 g/mol. The number of aryl methyl sites for hydroxylation is 1. The van der Waals surface area contributed by atoms with Gasteiger partial charge in [0.1, 0.15) is 5.82 Å². The molecule has 1 atom stereocenters. The van der Waals surface area contributed by atoms with E-state index >= 15 is 0 Å². The number of nitrogens with one attached hydrogen (secondary N) is 1. The molecule has 102 valence electrons. The van der Waals surface area contributed by atoms with E-state index in [1.165, 1.54) is 5.56 Å². The Labute approximate surface area is 115 Å². The third-order valence-electron chi connectivity index (χ3n) is 3.52. The molecule has 3 nitrogen and oxygen atoms in total. The predicted octanol–water partition coefficient (Wildman–Crippen LogP) is 2.57. The zero-order valence-electron chi connectivity index (χ0n) is 11.8. The van der Waals surface area contributed by atoms with E-state index in [1.807, 2.05) is 19.4 Å². The maximum atomic E-state index is 4.35. The van der Waals surface area contributed by atoms with Gasteiger partial charge in [-0.05, 0) is 18.4 Å². The number of nitrogens with zero attached hydrogens (tertiary/aromatic N) is 2. The molecule has 0 saturated heterocycles. The number of hydrogen-bond donors (Lipinski definition) is 1. The Hall–Kier alpha value is -1.61. The third kappa shape index (κ3) is 4.21. The largest absolute Gasteiger partial charge is 0.338 e. The zero-order chi connectivity index (χ0) is 13.5. The average molecular weight is 257 g/mol. The third-order valence-corrected chi connectivity index (χ3v) is 3.52. The summed E-state index contributed by atoms with van der Waals surface area (Å²) in [6.45, 7) is 3.22. The lowest BCUT2D eigenvalue weighted by molar-refractivity contribution is 0.493. The molecule has 1 aromatic heterocycles. The minimum absolute atomic E-state index is 0.544. The van der Waals surface area contributed by atoms with Crippen LogP contribution in [0.3, 0.4) is 0 Å². The van der Waals surface area contributed by atoms with E-state index < -0.39 is 0 Å². The number of imidazole rings is 1. The van der Waals surface area contributed by atoms with Crippen LogP contribution in [0.2, 0.25) is 0 Å². The van der Waals surface area contributed by atoms with Crippen LogP contribution in [0.5, 0.6) is 0 Å². The first kappa shape index (κ1) is 13.8. The van der Waals surface area contributed by atoms with Gasteiger partial charge < -0.3 is 9.88 Å². The Kier molecular flexibility index (Phi) is 5.16. The Morgan fingerprint density at radius 3 is 2.68 bits per heavy atom. The summed E-state index contributed by atoms with van der Waals surface area (Å²) in [6, 6.07) is 11.2. The van der Waals surface area contributed by atoms with Gasteiger partial charge in [0.2, 0.25) is 0 Å². The van der Waals surface area contributed by atoms with Crippen molar-refractivity contribution in [2.45, 2.75) is 32.2 Å². The molecule has 1 unspecified atom stereocenters. The summed E-state index contributed by atoms with van der Waals surface area (Å²) in [7, 11) is 2.05. The summed E-state index contributed by atoms with van der Waals surface area (Å²) in [5.41, 5.74) is 1.40. The molecule has 0 spiro atoms. The van der Waals surface area contributed by atoms with E-state index in [1.54, 1.807) is 0 Å². The van der Waals surface area contributed by atoms with E-state index in [-0.39, 0.29) is 0 Å². The maximum absolute atomic E-state index is 4.35. The van der Waals surface area contributed by atoms with Gasteiger partial charge in [0.25, 0.3) is 0 Å². The summed E-state index contributed by atoms with van der Waals surface area (Å²) in [5, 5.41) is 3.63. The highest BCUT2D eigenvalue weighted by atomic mass is 15.0. The van der Waals surface area contributed by atoms with E-state index in [9.17, 15) is 0 Å². The highest BCUT2D eigenvalue weighted by molar-refractivity contribution is 5.15.